The Morgan fingerprint density at radius 1 is 1.03 bits per heavy atom. The molecule has 1 heterocycles. The molecule has 1 N–H and O–H groups in total. The lowest BCUT2D eigenvalue weighted by Crippen LogP contribution is -2.28. The second-order valence-electron chi connectivity index (χ2n) is 7.99. The zero-order valence-electron chi connectivity index (χ0n) is 17.3. The molecule has 0 aliphatic heterocycles. The van der Waals surface area contributed by atoms with Gasteiger partial charge in [-0.05, 0) is 59.5 Å². The van der Waals surface area contributed by atoms with Gasteiger partial charge in [-0.1, -0.05) is 30.3 Å². The van der Waals surface area contributed by atoms with Crippen molar-refractivity contribution in [2.75, 3.05) is 0 Å². The molecule has 5 nitrogen and oxygen atoms in total. The number of nitrogens with zero attached hydrogens (tertiary/aromatic N) is 1. The fraction of sp³-hybridized carbons (Fsp3) is 0.167. The Balaban J connectivity index is 1.72. The molecule has 4 aromatic rings. The summed E-state index contributed by atoms with van der Waals surface area (Å²) in [7, 11) is -3.89. The second kappa shape index (κ2) is 7.28. The Morgan fingerprint density at radius 2 is 1.76 bits per heavy atom. The molecule has 33 heavy (non-hydrogen) atoms. The number of alkyl halides is 3. The maximum Gasteiger partial charge on any atom is 0.534 e. The summed E-state index contributed by atoms with van der Waals surface area (Å²) in [6, 6.07) is 18.9. The van der Waals surface area contributed by atoms with Crippen molar-refractivity contribution in [2.45, 2.75) is 17.8 Å². The number of hydrogen-bond donors (Lipinski definition) is 1. The van der Waals surface area contributed by atoms with Gasteiger partial charge in [0.15, 0.2) is 0 Å². The fourth-order valence-corrected chi connectivity index (χ4v) is 5.08. The van der Waals surface area contributed by atoms with Crippen molar-refractivity contribution in [1.82, 2.24) is 4.57 Å². The van der Waals surface area contributed by atoms with E-state index in [9.17, 15) is 26.7 Å². The van der Waals surface area contributed by atoms with Crippen LogP contribution in [0.4, 0.5) is 13.2 Å². The summed E-state index contributed by atoms with van der Waals surface area (Å²) < 4.78 is 67.8. The number of benzene rings is 3. The van der Waals surface area contributed by atoms with Gasteiger partial charge in [-0.3, -0.25) is 0 Å². The van der Waals surface area contributed by atoms with Crippen LogP contribution in [0.1, 0.15) is 22.6 Å². The van der Waals surface area contributed by atoms with Crippen molar-refractivity contribution in [2.24, 2.45) is 7.05 Å². The molecule has 0 fully saturated rings. The summed E-state index contributed by atoms with van der Waals surface area (Å²) in [6.45, 7) is 0. The summed E-state index contributed by atoms with van der Waals surface area (Å²) in [5.74, 6) is -0.416. The first-order chi connectivity index (χ1) is 15.6. The fourth-order valence-electron chi connectivity index (χ4n) is 4.63. The number of hydrogen-bond acceptors (Lipinski definition) is 4. The van der Waals surface area contributed by atoms with E-state index in [1.807, 2.05) is 48.0 Å². The standard InChI is InChI=1S/C24H18F3NO4S/c1-28-21-10-7-16(29)13-20(21)22-19(14-5-3-2-4-6-14)12-15-11-17(8-9-18(15)23(22)28)32-33(30,31)24(25,26)27/h2-11,13,19,29H,12H2,1H3. The lowest BCUT2D eigenvalue weighted by molar-refractivity contribution is -0.0500. The van der Waals surface area contributed by atoms with Crippen LogP contribution >= 0.6 is 0 Å². The maximum absolute atomic E-state index is 12.8. The molecule has 1 aliphatic carbocycles. The van der Waals surface area contributed by atoms with Crippen molar-refractivity contribution >= 4 is 21.0 Å². The highest BCUT2D eigenvalue weighted by atomic mass is 32.2. The summed E-state index contributed by atoms with van der Waals surface area (Å²) >= 11 is 0. The Morgan fingerprint density at radius 3 is 2.45 bits per heavy atom. The van der Waals surface area contributed by atoms with Crippen molar-refractivity contribution in [1.29, 1.82) is 0 Å². The number of phenolic OH excluding ortho intramolecular Hbond substituents is 1. The molecule has 170 valence electrons. The van der Waals surface area contributed by atoms with E-state index in [1.54, 1.807) is 18.2 Å². The Kier molecular flexibility index (Phi) is 4.72. The van der Waals surface area contributed by atoms with Crippen molar-refractivity contribution in [3.05, 3.63) is 83.4 Å². The van der Waals surface area contributed by atoms with E-state index in [0.717, 1.165) is 33.3 Å². The molecule has 0 saturated carbocycles. The molecule has 9 heteroatoms. The molecule has 1 aliphatic rings. The third-order valence-electron chi connectivity index (χ3n) is 6.02. The van der Waals surface area contributed by atoms with Crippen LogP contribution in [0.5, 0.6) is 11.5 Å². The van der Waals surface area contributed by atoms with E-state index in [2.05, 4.69) is 4.18 Å². The molecule has 0 spiro atoms. The highest BCUT2D eigenvalue weighted by molar-refractivity contribution is 7.88. The molecule has 0 radical (unpaired) electrons. The molecule has 1 unspecified atom stereocenters. The first-order valence-corrected chi connectivity index (χ1v) is 11.5. The molecule has 0 amide bonds. The molecular formula is C24H18F3NO4S. The zero-order valence-corrected chi connectivity index (χ0v) is 18.1. The van der Waals surface area contributed by atoms with E-state index >= 15 is 0 Å². The summed E-state index contributed by atoms with van der Waals surface area (Å²) in [6.07, 6.45) is 0.421. The molecule has 1 atom stereocenters. The van der Waals surface area contributed by atoms with E-state index in [4.69, 9.17) is 0 Å². The summed E-state index contributed by atoms with van der Waals surface area (Å²) in [5, 5.41) is 11.0. The number of aromatic hydroxyl groups is 1. The summed E-state index contributed by atoms with van der Waals surface area (Å²) in [5.41, 5.74) is -0.329. The number of fused-ring (bicyclic) bond motifs is 5. The zero-order chi connectivity index (χ0) is 23.5. The number of aryl methyl sites for hydroxylation is 1. The van der Waals surface area contributed by atoms with Gasteiger partial charge in [0.2, 0.25) is 0 Å². The normalized spacial score (nSPS) is 15.8. The van der Waals surface area contributed by atoms with Gasteiger partial charge in [0.1, 0.15) is 11.5 Å². The topological polar surface area (TPSA) is 68.5 Å². The molecule has 0 saturated heterocycles. The van der Waals surface area contributed by atoms with E-state index < -0.39 is 21.4 Å². The number of aromatic nitrogens is 1. The largest absolute Gasteiger partial charge is 0.534 e. The Bertz CT molecular complexity index is 1490. The van der Waals surface area contributed by atoms with Crippen LogP contribution in [0.3, 0.4) is 0 Å². The minimum atomic E-state index is -5.77. The average molecular weight is 473 g/mol. The Hall–Kier alpha value is -3.46. The molecule has 3 aromatic carbocycles. The minimum absolute atomic E-state index is 0.134. The molecule has 0 bridgehead atoms. The third kappa shape index (κ3) is 3.43. The highest BCUT2D eigenvalue weighted by Crippen LogP contribution is 2.48. The quantitative estimate of drug-likeness (QED) is 0.317. The van der Waals surface area contributed by atoms with Gasteiger partial charge >= 0.3 is 15.6 Å². The van der Waals surface area contributed by atoms with Crippen molar-refractivity contribution in [3.8, 4) is 22.8 Å². The minimum Gasteiger partial charge on any atom is -0.508 e. The average Bonchev–Trinajstić information content (AvgIpc) is 3.05. The van der Waals surface area contributed by atoms with Crippen molar-refractivity contribution in [3.63, 3.8) is 0 Å². The monoisotopic (exact) mass is 473 g/mol. The van der Waals surface area contributed by atoms with Crippen molar-refractivity contribution < 1.29 is 30.9 Å². The van der Waals surface area contributed by atoms with E-state index in [0.29, 0.717) is 12.0 Å². The van der Waals surface area contributed by atoms with Crippen LogP contribution in [0, 0.1) is 0 Å². The lowest BCUT2D eigenvalue weighted by Gasteiger charge is -2.27. The van der Waals surface area contributed by atoms with Crippen LogP contribution in [-0.4, -0.2) is 23.6 Å². The summed E-state index contributed by atoms with van der Waals surface area (Å²) in [4.78, 5) is 0. The Labute approximate surface area is 187 Å². The molecule has 1 aromatic heterocycles. The highest BCUT2D eigenvalue weighted by Gasteiger charge is 2.48. The van der Waals surface area contributed by atoms with Crippen LogP contribution in [0.2, 0.25) is 0 Å². The van der Waals surface area contributed by atoms with Gasteiger partial charge in [-0.2, -0.15) is 21.6 Å². The predicted molar refractivity (Wildman–Crippen MR) is 118 cm³/mol. The van der Waals surface area contributed by atoms with Gasteiger partial charge in [0.25, 0.3) is 0 Å². The van der Waals surface area contributed by atoms with Gasteiger partial charge in [0, 0.05) is 29.4 Å². The third-order valence-corrected chi connectivity index (χ3v) is 7.00. The van der Waals surface area contributed by atoms with Crippen LogP contribution in [0.15, 0.2) is 66.7 Å². The first kappa shape index (κ1) is 21.4. The SMILES string of the molecule is Cn1c2c(c3cc(O)ccc31)C(c1ccccc1)Cc1cc(OS(=O)(=O)C(F)(F)F)ccc1-2. The number of phenols is 1. The second-order valence-corrected chi connectivity index (χ2v) is 9.53. The number of rotatable bonds is 3. The first-order valence-electron chi connectivity index (χ1n) is 10.1. The maximum atomic E-state index is 12.8. The lowest BCUT2D eigenvalue weighted by atomic mass is 9.77. The van der Waals surface area contributed by atoms with E-state index in [1.165, 1.54) is 12.1 Å². The predicted octanol–water partition coefficient (Wildman–Crippen LogP) is 5.47. The molecular weight excluding hydrogens is 455 g/mol. The van der Waals surface area contributed by atoms with E-state index in [-0.39, 0.29) is 11.7 Å². The van der Waals surface area contributed by atoms with Crippen LogP contribution in [-0.2, 0) is 23.6 Å². The van der Waals surface area contributed by atoms with Gasteiger partial charge in [-0.15, -0.1) is 0 Å². The van der Waals surface area contributed by atoms with Gasteiger partial charge < -0.3 is 13.9 Å². The van der Waals surface area contributed by atoms with Gasteiger partial charge in [-0.25, -0.2) is 0 Å². The van der Waals surface area contributed by atoms with Crippen LogP contribution in [0.25, 0.3) is 22.2 Å². The number of halogens is 3. The molecule has 5 rings (SSSR count). The van der Waals surface area contributed by atoms with Crippen LogP contribution < -0.4 is 4.18 Å². The van der Waals surface area contributed by atoms with Gasteiger partial charge in [0.05, 0.1) is 5.69 Å². The smallest absolute Gasteiger partial charge is 0.508 e.